The molecule has 0 N–H and O–H groups in total. The standard InChI is InChI=1S/C17H25ClO2/c1-5-8-17(11-14(4)18)9-6-7-15(10-16(17)19)20-12-13(2)3/h5,10,13H,1,4,6-9,11-12H2,2-3H3/t17-/m1/s1. The molecule has 1 aliphatic carbocycles. The SMILES string of the molecule is C=CC[C@]1(CC(=C)Cl)CCCC(OCC(C)C)=CC1=O. The van der Waals surface area contributed by atoms with Crippen LogP contribution in [0.1, 0.15) is 46.0 Å². The van der Waals surface area contributed by atoms with Gasteiger partial charge in [-0.05, 0) is 31.6 Å². The van der Waals surface area contributed by atoms with Crippen LogP contribution in [0.15, 0.2) is 36.1 Å². The summed E-state index contributed by atoms with van der Waals surface area (Å²) in [4.78, 5) is 12.6. The maximum Gasteiger partial charge on any atom is 0.165 e. The molecule has 0 saturated heterocycles. The summed E-state index contributed by atoms with van der Waals surface area (Å²) in [5, 5.41) is 0.528. The minimum atomic E-state index is -0.483. The van der Waals surface area contributed by atoms with Gasteiger partial charge in [-0.15, -0.1) is 6.58 Å². The first kappa shape index (κ1) is 17.0. The van der Waals surface area contributed by atoms with Crippen molar-refractivity contribution < 1.29 is 9.53 Å². The second-order valence-corrected chi connectivity index (χ2v) is 6.53. The average Bonchev–Trinajstić information content (AvgIpc) is 2.47. The zero-order valence-corrected chi connectivity index (χ0v) is 13.3. The number of ether oxygens (including phenoxy) is 1. The van der Waals surface area contributed by atoms with Crippen LogP contribution >= 0.6 is 11.6 Å². The summed E-state index contributed by atoms with van der Waals surface area (Å²) in [5.41, 5.74) is -0.483. The van der Waals surface area contributed by atoms with Crippen molar-refractivity contribution in [2.75, 3.05) is 6.61 Å². The fraction of sp³-hybridized carbons (Fsp3) is 0.588. The van der Waals surface area contributed by atoms with E-state index in [0.29, 0.717) is 30.4 Å². The molecule has 0 saturated carbocycles. The Morgan fingerprint density at radius 2 is 2.30 bits per heavy atom. The molecule has 20 heavy (non-hydrogen) atoms. The summed E-state index contributed by atoms with van der Waals surface area (Å²) in [6.07, 6.45) is 7.14. The number of hydrogen-bond donors (Lipinski definition) is 0. The lowest BCUT2D eigenvalue weighted by Crippen LogP contribution is -2.29. The van der Waals surface area contributed by atoms with Crippen LogP contribution in [-0.2, 0) is 9.53 Å². The zero-order valence-electron chi connectivity index (χ0n) is 12.6. The van der Waals surface area contributed by atoms with E-state index >= 15 is 0 Å². The molecule has 0 aromatic rings. The Balaban J connectivity index is 2.90. The van der Waals surface area contributed by atoms with Gasteiger partial charge in [0.05, 0.1) is 12.4 Å². The first-order valence-corrected chi connectivity index (χ1v) is 7.59. The van der Waals surface area contributed by atoms with E-state index in [2.05, 4.69) is 27.0 Å². The van der Waals surface area contributed by atoms with Crippen LogP contribution < -0.4 is 0 Å². The largest absolute Gasteiger partial charge is 0.498 e. The average molecular weight is 297 g/mol. The molecule has 0 aliphatic heterocycles. The zero-order chi connectivity index (χ0) is 15.2. The lowest BCUT2D eigenvalue weighted by Gasteiger charge is -2.29. The lowest BCUT2D eigenvalue weighted by molar-refractivity contribution is -0.124. The predicted molar refractivity (Wildman–Crippen MR) is 84.6 cm³/mol. The van der Waals surface area contributed by atoms with E-state index in [1.54, 1.807) is 12.2 Å². The molecule has 0 aromatic heterocycles. The molecule has 1 aliphatic rings. The van der Waals surface area contributed by atoms with Crippen LogP contribution in [0.25, 0.3) is 0 Å². The van der Waals surface area contributed by atoms with Gasteiger partial charge in [0, 0.05) is 22.9 Å². The van der Waals surface area contributed by atoms with Crippen molar-refractivity contribution in [3.05, 3.63) is 36.1 Å². The minimum absolute atomic E-state index is 0.0930. The second-order valence-electron chi connectivity index (χ2n) is 6.00. The molecule has 1 rings (SSSR count). The van der Waals surface area contributed by atoms with E-state index < -0.39 is 5.41 Å². The highest BCUT2D eigenvalue weighted by Gasteiger charge is 2.37. The molecular formula is C17H25ClO2. The topological polar surface area (TPSA) is 26.3 Å². The Labute approximate surface area is 127 Å². The van der Waals surface area contributed by atoms with Gasteiger partial charge in [0.2, 0.25) is 0 Å². The molecule has 2 nitrogen and oxygen atoms in total. The molecule has 0 aromatic carbocycles. The molecule has 0 unspecified atom stereocenters. The Morgan fingerprint density at radius 3 is 2.85 bits per heavy atom. The van der Waals surface area contributed by atoms with Gasteiger partial charge in [0.1, 0.15) is 0 Å². The monoisotopic (exact) mass is 296 g/mol. The van der Waals surface area contributed by atoms with E-state index in [-0.39, 0.29) is 5.78 Å². The maximum absolute atomic E-state index is 12.6. The summed E-state index contributed by atoms with van der Waals surface area (Å²) in [6, 6.07) is 0. The van der Waals surface area contributed by atoms with E-state index in [1.165, 1.54) is 0 Å². The molecule has 0 spiro atoms. The summed E-state index contributed by atoms with van der Waals surface area (Å²) in [7, 11) is 0. The van der Waals surface area contributed by atoms with Crippen LogP contribution in [0.3, 0.4) is 0 Å². The third-order valence-electron chi connectivity index (χ3n) is 3.56. The molecule has 0 heterocycles. The minimum Gasteiger partial charge on any atom is -0.498 e. The molecular weight excluding hydrogens is 272 g/mol. The van der Waals surface area contributed by atoms with Gasteiger partial charge in [-0.2, -0.15) is 0 Å². The van der Waals surface area contributed by atoms with Crippen molar-refractivity contribution in [3.63, 3.8) is 0 Å². The van der Waals surface area contributed by atoms with Crippen LogP contribution in [0.5, 0.6) is 0 Å². The van der Waals surface area contributed by atoms with Crippen LogP contribution in [0.2, 0.25) is 0 Å². The second kappa shape index (κ2) is 7.68. The fourth-order valence-corrected chi connectivity index (χ4v) is 2.83. The van der Waals surface area contributed by atoms with Crippen molar-refractivity contribution in [2.45, 2.75) is 46.0 Å². The van der Waals surface area contributed by atoms with E-state index in [1.807, 2.05) is 0 Å². The van der Waals surface area contributed by atoms with Gasteiger partial charge < -0.3 is 4.74 Å². The molecule has 0 radical (unpaired) electrons. The number of allylic oxidation sites excluding steroid dienone is 4. The highest BCUT2D eigenvalue weighted by atomic mass is 35.5. The molecule has 0 amide bonds. The third kappa shape index (κ3) is 4.82. The highest BCUT2D eigenvalue weighted by Crippen LogP contribution is 2.41. The quantitative estimate of drug-likeness (QED) is 0.618. The van der Waals surface area contributed by atoms with Gasteiger partial charge in [-0.25, -0.2) is 0 Å². The smallest absolute Gasteiger partial charge is 0.165 e. The molecule has 3 heteroatoms. The van der Waals surface area contributed by atoms with Crippen molar-refractivity contribution >= 4 is 17.4 Å². The van der Waals surface area contributed by atoms with Gasteiger partial charge in [-0.1, -0.05) is 38.1 Å². The Bertz CT molecular complexity index is 409. The summed E-state index contributed by atoms with van der Waals surface area (Å²) >= 11 is 5.96. The van der Waals surface area contributed by atoms with Gasteiger partial charge in [-0.3, -0.25) is 4.79 Å². The number of halogens is 1. The van der Waals surface area contributed by atoms with Gasteiger partial charge in [0.15, 0.2) is 5.78 Å². The van der Waals surface area contributed by atoms with Crippen LogP contribution in [0.4, 0.5) is 0 Å². The van der Waals surface area contributed by atoms with E-state index in [9.17, 15) is 4.79 Å². The Hall–Kier alpha value is -1.02. The van der Waals surface area contributed by atoms with E-state index in [4.69, 9.17) is 16.3 Å². The van der Waals surface area contributed by atoms with Crippen LogP contribution in [0, 0.1) is 11.3 Å². The molecule has 1 atom stereocenters. The molecule has 0 fully saturated rings. The number of hydrogen-bond acceptors (Lipinski definition) is 2. The van der Waals surface area contributed by atoms with Crippen molar-refractivity contribution in [1.29, 1.82) is 0 Å². The Kier molecular flexibility index (Phi) is 6.54. The number of carbonyl (C=O) groups excluding carboxylic acids is 1. The summed E-state index contributed by atoms with van der Waals surface area (Å²) in [5.74, 6) is 1.35. The van der Waals surface area contributed by atoms with Crippen molar-refractivity contribution in [2.24, 2.45) is 11.3 Å². The van der Waals surface area contributed by atoms with Crippen molar-refractivity contribution in [3.8, 4) is 0 Å². The van der Waals surface area contributed by atoms with Gasteiger partial charge in [0.25, 0.3) is 0 Å². The molecule has 0 bridgehead atoms. The fourth-order valence-electron chi connectivity index (χ4n) is 2.58. The van der Waals surface area contributed by atoms with Gasteiger partial charge >= 0.3 is 0 Å². The Morgan fingerprint density at radius 1 is 1.60 bits per heavy atom. The third-order valence-corrected chi connectivity index (χ3v) is 3.69. The van der Waals surface area contributed by atoms with Crippen LogP contribution in [-0.4, -0.2) is 12.4 Å². The summed E-state index contributed by atoms with van der Waals surface area (Å²) in [6.45, 7) is 12.4. The van der Waals surface area contributed by atoms with Crippen molar-refractivity contribution in [1.82, 2.24) is 0 Å². The first-order valence-electron chi connectivity index (χ1n) is 7.21. The van der Waals surface area contributed by atoms with E-state index in [0.717, 1.165) is 25.0 Å². The number of carbonyl (C=O) groups is 1. The lowest BCUT2D eigenvalue weighted by atomic mass is 9.74. The number of ketones is 1. The predicted octanol–water partition coefficient (Wildman–Crippen LogP) is 5.00. The summed E-state index contributed by atoms with van der Waals surface area (Å²) < 4.78 is 5.73. The first-order chi connectivity index (χ1) is 9.39. The normalized spacial score (nSPS) is 23.2. The highest BCUT2D eigenvalue weighted by molar-refractivity contribution is 6.29. The number of rotatable bonds is 7. The maximum atomic E-state index is 12.6. The molecule has 112 valence electrons.